The molecule has 20 heavy (non-hydrogen) atoms. The lowest BCUT2D eigenvalue weighted by molar-refractivity contribution is 0.102. The third kappa shape index (κ3) is 3.50. The summed E-state index contributed by atoms with van der Waals surface area (Å²) < 4.78 is 1.05. The van der Waals surface area contributed by atoms with Crippen molar-refractivity contribution < 1.29 is 4.79 Å². The zero-order valence-corrected chi connectivity index (χ0v) is 13.9. The molecule has 1 N–H and O–H groups in total. The predicted molar refractivity (Wildman–Crippen MR) is 92.6 cm³/mol. The molecule has 4 heteroatoms. The SMILES string of the molecule is Cc1cc(NC(=O)c2cccc(I)c2)ccc1N(C)C. The van der Waals surface area contributed by atoms with Crippen LogP contribution in [0.2, 0.25) is 0 Å². The first-order valence-electron chi connectivity index (χ1n) is 6.32. The Hall–Kier alpha value is -1.56. The van der Waals surface area contributed by atoms with Gasteiger partial charge in [0, 0.05) is 34.6 Å². The van der Waals surface area contributed by atoms with Gasteiger partial charge in [-0.3, -0.25) is 4.79 Å². The van der Waals surface area contributed by atoms with E-state index in [0.717, 1.165) is 20.5 Å². The van der Waals surface area contributed by atoms with E-state index in [2.05, 4.69) is 32.8 Å². The van der Waals surface area contributed by atoms with Crippen LogP contribution in [0.15, 0.2) is 42.5 Å². The Morgan fingerprint density at radius 1 is 1.15 bits per heavy atom. The van der Waals surface area contributed by atoms with E-state index >= 15 is 0 Å². The predicted octanol–water partition coefficient (Wildman–Crippen LogP) is 3.92. The lowest BCUT2D eigenvalue weighted by Gasteiger charge is -2.16. The van der Waals surface area contributed by atoms with Gasteiger partial charge in [0.05, 0.1) is 0 Å². The van der Waals surface area contributed by atoms with Crippen LogP contribution >= 0.6 is 22.6 Å². The first-order chi connectivity index (χ1) is 9.47. The molecular formula is C16H17IN2O. The molecule has 2 aromatic rings. The van der Waals surface area contributed by atoms with Gasteiger partial charge in [-0.1, -0.05) is 6.07 Å². The minimum atomic E-state index is -0.0829. The summed E-state index contributed by atoms with van der Waals surface area (Å²) in [5, 5.41) is 2.93. The van der Waals surface area contributed by atoms with Gasteiger partial charge in [-0.05, 0) is 71.5 Å². The highest BCUT2D eigenvalue weighted by Crippen LogP contribution is 2.22. The second-order valence-corrected chi connectivity index (χ2v) is 6.11. The van der Waals surface area contributed by atoms with E-state index < -0.39 is 0 Å². The number of hydrogen-bond donors (Lipinski definition) is 1. The van der Waals surface area contributed by atoms with Crippen LogP contribution in [0.4, 0.5) is 11.4 Å². The summed E-state index contributed by atoms with van der Waals surface area (Å²) in [4.78, 5) is 14.2. The molecule has 2 aromatic carbocycles. The van der Waals surface area contributed by atoms with Crippen molar-refractivity contribution >= 4 is 39.9 Å². The van der Waals surface area contributed by atoms with Crippen LogP contribution in [-0.4, -0.2) is 20.0 Å². The van der Waals surface area contributed by atoms with Gasteiger partial charge in [-0.2, -0.15) is 0 Å². The van der Waals surface area contributed by atoms with Gasteiger partial charge >= 0.3 is 0 Å². The summed E-state index contributed by atoms with van der Waals surface area (Å²) in [5.74, 6) is -0.0829. The number of aryl methyl sites for hydroxylation is 1. The Balaban J connectivity index is 2.18. The average molecular weight is 380 g/mol. The van der Waals surface area contributed by atoms with Gasteiger partial charge in [0.2, 0.25) is 0 Å². The zero-order valence-electron chi connectivity index (χ0n) is 11.8. The van der Waals surface area contributed by atoms with E-state index in [1.165, 1.54) is 0 Å². The quantitative estimate of drug-likeness (QED) is 0.819. The highest BCUT2D eigenvalue weighted by molar-refractivity contribution is 14.1. The molecule has 0 aliphatic heterocycles. The number of rotatable bonds is 3. The Morgan fingerprint density at radius 2 is 1.90 bits per heavy atom. The molecule has 3 nitrogen and oxygen atoms in total. The monoisotopic (exact) mass is 380 g/mol. The van der Waals surface area contributed by atoms with Crippen molar-refractivity contribution in [3.63, 3.8) is 0 Å². The Morgan fingerprint density at radius 3 is 2.50 bits per heavy atom. The maximum Gasteiger partial charge on any atom is 0.255 e. The third-order valence-electron chi connectivity index (χ3n) is 3.02. The molecule has 0 bridgehead atoms. The normalized spacial score (nSPS) is 10.2. The van der Waals surface area contributed by atoms with Crippen molar-refractivity contribution in [1.29, 1.82) is 0 Å². The molecule has 0 aliphatic carbocycles. The largest absolute Gasteiger partial charge is 0.377 e. The third-order valence-corrected chi connectivity index (χ3v) is 3.69. The van der Waals surface area contributed by atoms with E-state index in [1.807, 2.05) is 63.5 Å². The number of nitrogens with zero attached hydrogens (tertiary/aromatic N) is 1. The second kappa shape index (κ2) is 6.26. The average Bonchev–Trinajstić information content (AvgIpc) is 2.38. The molecule has 0 unspecified atom stereocenters. The number of carbonyl (C=O) groups is 1. The van der Waals surface area contributed by atoms with Crippen LogP contribution in [0.5, 0.6) is 0 Å². The lowest BCUT2D eigenvalue weighted by Crippen LogP contribution is -2.13. The first-order valence-corrected chi connectivity index (χ1v) is 7.40. The minimum absolute atomic E-state index is 0.0829. The van der Waals surface area contributed by atoms with E-state index in [4.69, 9.17) is 0 Å². The van der Waals surface area contributed by atoms with E-state index in [-0.39, 0.29) is 5.91 Å². The van der Waals surface area contributed by atoms with Crippen molar-refractivity contribution in [3.05, 3.63) is 57.2 Å². The van der Waals surface area contributed by atoms with E-state index in [1.54, 1.807) is 0 Å². The van der Waals surface area contributed by atoms with Crippen LogP contribution in [0.25, 0.3) is 0 Å². The summed E-state index contributed by atoms with van der Waals surface area (Å²) in [5.41, 5.74) is 3.77. The summed E-state index contributed by atoms with van der Waals surface area (Å²) in [6, 6.07) is 13.5. The van der Waals surface area contributed by atoms with E-state index in [0.29, 0.717) is 5.56 Å². The van der Waals surface area contributed by atoms with Crippen molar-refractivity contribution in [2.24, 2.45) is 0 Å². The van der Waals surface area contributed by atoms with Crippen molar-refractivity contribution in [1.82, 2.24) is 0 Å². The second-order valence-electron chi connectivity index (χ2n) is 4.86. The number of carbonyl (C=O) groups excluding carboxylic acids is 1. The maximum absolute atomic E-state index is 12.2. The van der Waals surface area contributed by atoms with Gasteiger partial charge in [-0.15, -0.1) is 0 Å². The molecule has 104 valence electrons. The van der Waals surface area contributed by atoms with Gasteiger partial charge in [0.1, 0.15) is 0 Å². The topological polar surface area (TPSA) is 32.3 Å². The highest BCUT2D eigenvalue weighted by Gasteiger charge is 2.08. The van der Waals surface area contributed by atoms with Crippen LogP contribution in [-0.2, 0) is 0 Å². The van der Waals surface area contributed by atoms with Crippen LogP contribution in [0.3, 0.4) is 0 Å². The number of amides is 1. The molecule has 0 fully saturated rings. The molecule has 0 heterocycles. The first kappa shape index (κ1) is 14.8. The number of anilines is 2. The molecule has 0 aliphatic rings. The van der Waals surface area contributed by atoms with Crippen LogP contribution < -0.4 is 10.2 Å². The van der Waals surface area contributed by atoms with Crippen molar-refractivity contribution in [2.75, 3.05) is 24.3 Å². The Kier molecular flexibility index (Phi) is 4.65. The van der Waals surface area contributed by atoms with Gasteiger partial charge in [0.25, 0.3) is 5.91 Å². The van der Waals surface area contributed by atoms with Crippen molar-refractivity contribution in [2.45, 2.75) is 6.92 Å². The molecular weight excluding hydrogens is 363 g/mol. The highest BCUT2D eigenvalue weighted by atomic mass is 127. The minimum Gasteiger partial charge on any atom is -0.377 e. The van der Waals surface area contributed by atoms with Gasteiger partial charge in [0.15, 0.2) is 0 Å². The Bertz CT molecular complexity index is 638. The molecule has 0 spiro atoms. The molecule has 0 aromatic heterocycles. The molecule has 2 rings (SSSR count). The molecule has 0 saturated heterocycles. The van der Waals surface area contributed by atoms with Crippen molar-refractivity contribution in [3.8, 4) is 0 Å². The number of halogens is 1. The fraction of sp³-hybridized carbons (Fsp3) is 0.188. The standard InChI is InChI=1S/C16H17IN2O/c1-11-9-14(7-8-15(11)19(2)3)18-16(20)12-5-4-6-13(17)10-12/h4-10H,1-3H3,(H,18,20). The number of hydrogen-bond acceptors (Lipinski definition) is 2. The number of benzene rings is 2. The van der Waals surface area contributed by atoms with Crippen LogP contribution in [0, 0.1) is 10.5 Å². The smallest absolute Gasteiger partial charge is 0.255 e. The molecule has 0 saturated carbocycles. The molecule has 1 amide bonds. The summed E-state index contributed by atoms with van der Waals surface area (Å²) in [7, 11) is 4.01. The fourth-order valence-electron chi connectivity index (χ4n) is 2.07. The van der Waals surface area contributed by atoms with Crippen LogP contribution in [0.1, 0.15) is 15.9 Å². The lowest BCUT2D eigenvalue weighted by atomic mass is 10.1. The fourth-order valence-corrected chi connectivity index (χ4v) is 2.61. The van der Waals surface area contributed by atoms with Gasteiger partial charge < -0.3 is 10.2 Å². The Labute approximate surface area is 133 Å². The maximum atomic E-state index is 12.2. The summed E-state index contributed by atoms with van der Waals surface area (Å²) >= 11 is 2.20. The van der Waals surface area contributed by atoms with Gasteiger partial charge in [-0.25, -0.2) is 0 Å². The summed E-state index contributed by atoms with van der Waals surface area (Å²) in [6.45, 7) is 2.04. The zero-order chi connectivity index (χ0) is 14.7. The molecule has 0 radical (unpaired) electrons. The summed E-state index contributed by atoms with van der Waals surface area (Å²) in [6.07, 6.45) is 0. The van der Waals surface area contributed by atoms with E-state index in [9.17, 15) is 4.79 Å². The number of nitrogens with one attached hydrogen (secondary N) is 1. The molecule has 0 atom stereocenters.